The van der Waals surface area contributed by atoms with Gasteiger partial charge in [-0.15, -0.1) is 0 Å². The van der Waals surface area contributed by atoms with Crippen molar-refractivity contribution in [3.05, 3.63) is 41.0 Å². The molecule has 0 saturated carbocycles. The van der Waals surface area contributed by atoms with Gasteiger partial charge in [0.2, 0.25) is 5.89 Å². The predicted molar refractivity (Wildman–Crippen MR) is 89.0 cm³/mol. The van der Waals surface area contributed by atoms with Gasteiger partial charge in [0.25, 0.3) is 0 Å². The van der Waals surface area contributed by atoms with Crippen molar-refractivity contribution in [2.75, 3.05) is 26.2 Å². The summed E-state index contributed by atoms with van der Waals surface area (Å²) in [6, 6.07) is 7.53. The molecule has 0 spiro atoms. The van der Waals surface area contributed by atoms with E-state index in [0.29, 0.717) is 23.4 Å². The molecule has 23 heavy (non-hydrogen) atoms. The fourth-order valence-corrected chi connectivity index (χ4v) is 3.15. The van der Waals surface area contributed by atoms with Gasteiger partial charge in [-0.25, -0.2) is 0 Å². The summed E-state index contributed by atoms with van der Waals surface area (Å²) in [7, 11) is 0. The van der Waals surface area contributed by atoms with Gasteiger partial charge in [0, 0.05) is 18.1 Å². The Morgan fingerprint density at radius 1 is 1.43 bits per heavy atom. The number of benzene rings is 1. The molecule has 1 fully saturated rings. The van der Waals surface area contributed by atoms with Crippen LogP contribution in [0.15, 0.2) is 28.8 Å². The topological polar surface area (TPSA) is 51.4 Å². The maximum atomic E-state index is 5.95. The SMILES string of the molecule is Cc1noc([C@@H]2CCCN(CCCOc3cccc(Cl)c3)C2)n1. The van der Waals surface area contributed by atoms with Crippen molar-refractivity contribution in [2.45, 2.75) is 32.1 Å². The second kappa shape index (κ2) is 7.79. The Kier molecular flexibility index (Phi) is 5.51. The van der Waals surface area contributed by atoms with Gasteiger partial charge in [-0.3, -0.25) is 0 Å². The Balaban J connectivity index is 1.41. The molecule has 1 atom stereocenters. The van der Waals surface area contributed by atoms with Crippen LogP contribution in [0.5, 0.6) is 5.75 Å². The van der Waals surface area contributed by atoms with Gasteiger partial charge in [0.15, 0.2) is 5.82 Å². The number of aryl methyl sites for hydroxylation is 1. The molecule has 1 saturated heterocycles. The average molecular weight is 336 g/mol. The van der Waals surface area contributed by atoms with E-state index in [4.69, 9.17) is 20.9 Å². The third-order valence-electron chi connectivity index (χ3n) is 4.08. The molecule has 0 aliphatic carbocycles. The summed E-state index contributed by atoms with van der Waals surface area (Å²) in [5.41, 5.74) is 0. The highest BCUT2D eigenvalue weighted by Crippen LogP contribution is 2.25. The molecule has 2 aromatic rings. The van der Waals surface area contributed by atoms with Crippen LogP contribution in [0.3, 0.4) is 0 Å². The molecule has 124 valence electrons. The Hall–Kier alpha value is -1.59. The van der Waals surface area contributed by atoms with Crippen LogP contribution >= 0.6 is 11.6 Å². The molecule has 2 heterocycles. The summed E-state index contributed by atoms with van der Waals surface area (Å²) in [5.74, 6) is 2.68. The first-order valence-corrected chi connectivity index (χ1v) is 8.49. The maximum absolute atomic E-state index is 5.95. The van der Waals surface area contributed by atoms with Crippen molar-refractivity contribution in [1.82, 2.24) is 15.0 Å². The molecule has 1 aliphatic heterocycles. The van der Waals surface area contributed by atoms with Crippen LogP contribution in [-0.2, 0) is 0 Å². The van der Waals surface area contributed by atoms with E-state index >= 15 is 0 Å². The molecule has 0 N–H and O–H groups in total. The Labute approximate surface area is 141 Å². The number of halogens is 1. The van der Waals surface area contributed by atoms with Crippen molar-refractivity contribution in [3.63, 3.8) is 0 Å². The highest BCUT2D eigenvalue weighted by atomic mass is 35.5. The van der Waals surface area contributed by atoms with Gasteiger partial charge >= 0.3 is 0 Å². The fourth-order valence-electron chi connectivity index (χ4n) is 2.97. The number of piperidine rings is 1. The molecule has 1 aromatic carbocycles. The number of aromatic nitrogens is 2. The fraction of sp³-hybridized carbons (Fsp3) is 0.529. The van der Waals surface area contributed by atoms with E-state index in [2.05, 4.69) is 15.0 Å². The number of hydrogen-bond acceptors (Lipinski definition) is 5. The zero-order valence-corrected chi connectivity index (χ0v) is 14.1. The van der Waals surface area contributed by atoms with Crippen LogP contribution in [0, 0.1) is 6.92 Å². The van der Waals surface area contributed by atoms with E-state index < -0.39 is 0 Å². The molecule has 1 aromatic heterocycles. The largest absolute Gasteiger partial charge is 0.493 e. The Morgan fingerprint density at radius 2 is 2.35 bits per heavy atom. The first-order chi connectivity index (χ1) is 11.2. The Morgan fingerprint density at radius 3 is 3.13 bits per heavy atom. The third kappa shape index (κ3) is 4.69. The zero-order valence-electron chi connectivity index (χ0n) is 13.4. The lowest BCUT2D eigenvalue weighted by Crippen LogP contribution is -2.35. The van der Waals surface area contributed by atoms with Gasteiger partial charge in [-0.05, 0) is 50.9 Å². The predicted octanol–water partition coefficient (Wildman–Crippen LogP) is 3.68. The molecule has 0 radical (unpaired) electrons. The summed E-state index contributed by atoms with van der Waals surface area (Å²) < 4.78 is 11.1. The highest BCUT2D eigenvalue weighted by molar-refractivity contribution is 6.30. The van der Waals surface area contributed by atoms with E-state index in [0.717, 1.165) is 44.1 Å². The number of nitrogens with zero attached hydrogens (tertiary/aromatic N) is 3. The summed E-state index contributed by atoms with van der Waals surface area (Å²) >= 11 is 5.95. The zero-order chi connectivity index (χ0) is 16.1. The molecular formula is C17H22ClN3O2. The molecule has 0 amide bonds. The van der Waals surface area contributed by atoms with Crippen LogP contribution in [0.4, 0.5) is 0 Å². The van der Waals surface area contributed by atoms with Crippen molar-refractivity contribution < 1.29 is 9.26 Å². The highest BCUT2D eigenvalue weighted by Gasteiger charge is 2.25. The van der Waals surface area contributed by atoms with E-state index in [-0.39, 0.29) is 0 Å². The normalized spacial score (nSPS) is 19.0. The van der Waals surface area contributed by atoms with Gasteiger partial charge in [0.05, 0.1) is 12.5 Å². The average Bonchev–Trinajstić information content (AvgIpc) is 2.99. The Bertz CT molecular complexity index is 632. The van der Waals surface area contributed by atoms with Gasteiger partial charge < -0.3 is 14.2 Å². The monoisotopic (exact) mass is 335 g/mol. The molecule has 3 rings (SSSR count). The number of likely N-dealkylation sites (tertiary alicyclic amines) is 1. The number of hydrogen-bond donors (Lipinski definition) is 0. The van der Waals surface area contributed by atoms with E-state index in [1.807, 2.05) is 31.2 Å². The van der Waals surface area contributed by atoms with Gasteiger partial charge in [-0.2, -0.15) is 4.98 Å². The van der Waals surface area contributed by atoms with Gasteiger partial charge in [0.1, 0.15) is 5.75 Å². The number of ether oxygens (including phenoxy) is 1. The van der Waals surface area contributed by atoms with Crippen LogP contribution < -0.4 is 4.74 Å². The maximum Gasteiger partial charge on any atom is 0.231 e. The molecule has 0 unspecified atom stereocenters. The van der Waals surface area contributed by atoms with Crippen LogP contribution in [0.2, 0.25) is 5.02 Å². The summed E-state index contributed by atoms with van der Waals surface area (Å²) in [4.78, 5) is 6.82. The lowest BCUT2D eigenvalue weighted by atomic mass is 9.98. The number of rotatable bonds is 6. The van der Waals surface area contributed by atoms with Crippen LogP contribution in [0.1, 0.15) is 36.9 Å². The molecule has 5 nitrogen and oxygen atoms in total. The molecule has 1 aliphatic rings. The van der Waals surface area contributed by atoms with Crippen molar-refractivity contribution in [1.29, 1.82) is 0 Å². The first-order valence-electron chi connectivity index (χ1n) is 8.11. The van der Waals surface area contributed by atoms with Crippen molar-refractivity contribution >= 4 is 11.6 Å². The van der Waals surface area contributed by atoms with E-state index in [1.165, 1.54) is 6.42 Å². The van der Waals surface area contributed by atoms with E-state index in [9.17, 15) is 0 Å². The third-order valence-corrected chi connectivity index (χ3v) is 4.32. The smallest absolute Gasteiger partial charge is 0.231 e. The quantitative estimate of drug-likeness (QED) is 0.754. The molecular weight excluding hydrogens is 314 g/mol. The van der Waals surface area contributed by atoms with E-state index in [1.54, 1.807) is 0 Å². The lowest BCUT2D eigenvalue weighted by molar-refractivity contribution is 0.173. The lowest BCUT2D eigenvalue weighted by Gasteiger charge is -2.30. The van der Waals surface area contributed by atoms with Crippen molar-refractivity contribution in [3.8, 4) is 5.75 Å². The first kappa shape index (κ1) is 16.3. The van der Waals surface area contributed by atoms with Crippen molar-refractivity contribution in [2.24, 2.45) is 0 Å². The minimum atomic E-state index is 0.360. The standard InChI is InChI=1S/C17H22ClN3O2/c1-13-19-17(23-20-13)14-5-3-8-21(12-14)9-4-10-22-16-7-2-6-15(18)11-16/h2,6-7,11,14H,3-5,8-10,12H2,1H3/t14-/m1/s1. The second-order valence-electron chi connectivity index (χ2n) is 5.98. The summed E-state index contributed by atoms with van der Waals surface area (Å²) in [6.07, 6.45) is 3.28. The van der Waals surface area contributed by atoms with Crippen LogP contribution in [-0.4, -0.2) is 41.3 Å². The summed E-state index contributed by atoms with van der Waals surface area (Å²) in [5, 5.41) is 4.60. The summed E-state index contributed by atoms with van der Waals surface area (Å²) in [6.45, 7) is 5.69. The minimum absolute atomic E-state index is 0.360. The second-order valence-corrected chi connectivity index (χ2v) is 6.42. The minimum Gasteiger partial charge on any atom is -0.493 e. The van der Waals surface area contributed by atoms with Gasteiger partial charge in [-0.1, -0.05) is 22.8 Å². The molecule has 0 bridgehead atoms. The van der Waals surface area contributed by atoms with Crippen LogP contribution in [0.25, 0.3) is 0 Å². The molecule has 6 heteroatoms.